The molecule has 1 saturated heterocycles. The van der Waals surface area contributed by atoms with Crippen LogP contribution in [0.4, 0.5) is 0 Å². The molecule has 7 heteroatoms. The SMILES string of the molecule is Cc1ccc(CNC(=O)Cn2nc(C(=O)N3CCCC3)ccc2=O)cc1. The molecule has 0 aliphatic carbocycles. The van der Waals surface area contributed by atoms with Crippen LogP contribution in [0, 0.1) is 6.92 Å². The Morgan fingerprint density at radius 3 is 2.46 bits per heavy atom. The van der Waals surface area contributed by atoms with Gasteiger partial charge in [-0.1, -0.05) is 29.8 Å². The van der Waals surface area contributed by atoms with E-state index < -0.39 is 5.56 Å². The van der Waals surface area contributed by atoms with Crippen LogP contribution < -0.4 is 10.9 Å². The van der Waals surface area contributed by atoms with Gasteiger partial charge in [0.1, 0.15) is 12.2 Å². The number of nitrogens with zero attached hydrogens (tertiary/aromatic N) is 3. The Morgan fingerprint density at radius 2 is 1.77 bits per heavy atom. The van der Waals surface area contributed by atoms with E-state index in [2.05, 4.69) is 10.4 Å². The summed E-state index contributed by atoms with van der Waals surface area (Å²) in [6.45, 7) is 3.57. The maximum Gasteiger partial charge on any atom is 0.274 e. The second kappa shape index (κ2) is 7.95. The van der Waals surface area contributed by atoms with Crippen molar-refractivity contribution in [3.05, 3.63) is 63.6 Å². The van der Waals surface area contributed by atoms with Gasteiger partial charge in [-0.3, -0.25) is 14.4 Å². The van der Waals surface area contributed by atoms with Gasteiger partial charge < -0.3 is 10.2 Å². The summed E-state index contributed by atoms with van der Waals surface area (Å²) in [4.78, 5) is 38.2. The number of likely N-dealkylation sites (tertiary alicyclic amines) is 1. The molecular formula is C19H22N4O3. The summed E-state index contributed by atoms with van der Waals surface area (Å²) in [5.74, 6) is -0.526. The van der Waals surface area contributed by atoms with E-state index in [1.165, 1.54) is 12.1 Å². The van der Waals surface area contributed by atoms with Crippen LogP contribution in [-0.4, -0.2) is 39.6 Å². The zero-order valence-electron chi connectivity index (χ0n) is 14.8. The van der Waals surface area contributed by atoms with Crippen molar-refractivity contribution in [3.63, 3.8) is 0 Å². The Morgan fingerprint density at radius 1 is 1.08 bits per heavy atom. The van der Waals surface area contributed by atoms with E-state index in [9.17, 15) is 14.4 Å². The van der Waals surface area contributed by atoms with E-state index in [-0.39, 0.29) is 24.1 Å². The van der Waals surface area contributed by atoms with Crippen molar-refractivity contribution in [2.75, 3.05) is 13.1 Å². The third-order valence-electron chi connectivity index (χ3n) is 4.38. The van der Waals surface area contributed by atoms with E-state index in [0.29, 0.717) is 19.6 Å². The Labute approximate surface area is 151 Å². The van der Waals surface area contributed by atoms with Crippen LogP contribution in [-0.2, 0) is 17.9 Å². The molecule has 1 aliphatic heterocycles. The maximum atomic E-state index is 12.4. The van der Waals surface area contributed by atoms with Crippen LogP contribution in [0.15, 0.2) is 41.2 Å². The molecule has 2 heterocycles. The van der Waals surface area contributed by atoms with E-state index >= 15 is 0 Å². The predicted octanol–water partition coefficient (Wildman–Crippen LogP) is 1.10. The highest BCUT2D eigenvalue weighted by atomic mass is 16.2. The summed E-state index contributed by atoms with van der Waals surface area (Å²) in [5.41, 5.74) is 1.91. The summed E-state index contributed by atoms with van der Waals surface area (Å²) in [6.07, 6.45) is 1.96. The highest BCUT2D eigenvalue weighted by Crippen LogP contribution is 2.10. The number of nitrogens with one attached hydrogen (secondary N) is 1. The Bertz CT molecular complexity index is 852. The lowest BCUT2D eigenvalue weighted by atomic mass is 10.1. The quantitative estimate of drug-likeness (QED) is 0.872. The molecule has 0 saturated carbocycles. The topological polar surface area (TPSA) is 84.3 Å². The first-order valence-electron chi connectivity index (χ1n) is 8.72. The van der Waals surface area contributed by atoms with Crippen LogP contribution in [0.25, 0.3) is 0 Å². The molecular weight excluding hydrogens is 332 g/mol. The Balaban J connectivity index is 1.63. The van der Waals surface area contributed by atoms with Gasteiger partial charge >= 0.3 is 0 Å². The van der Waals surface area contributed by atoms with Gasteiger partial charge in [0.2, 0.25) is 5.91 Å². The van der Waals surface area contributed by atoms with Crippen LogP contribution >= 0.6 is 0 Å². The average molecular weight is 354 g/mol. The lowest BCUT2D eigenvalue weighted by Crippen LogP contribution is -2.35. The molecule has 3 rings (SSSR count). The molecule has 0 atom stereocenters. The molecule has 0 bridgehead atoms. The van der Waals surface area contributed by atoms with Crippen molar-refractivity contribution >= 4 is 11.8 Å². The lowest BCUT2D eigenvalue weighted by molar-refractivity contribution is -0.122. The lowest BCUT2D eigenvalue weighted by Gasteiger charge is -2.15. The van der Waals surface area contributed by atoms with Crippen molar-refractivity contribution in [1.29, 1.82) is 0 Å². The number of hydrogen-bond acceptors (Lipinski definition) is 4. The minimum Gasteiger partial charge on any atom is -0.350 e. The molecule has 1 aromatic heterocycles. The molecule has 136 valence electrons. The normalized spacial score (nSPS) is 13.7. The molecule has 1 aliphatic rings. The maximum absolute atomic E-state index is 12.4. The fourth-order valence-corrected chi connectivity index (χ4v) is 2.86. The first-order valence-corrected chi connectivity index (χ1v) is 8.72. The molecule has 26 heavy (non-hydrogen) atoms. The summed E-state index contributed by atoms with van der Waals surface area (Å²) >= 11 is 0. The molecule has 0 unspecified atom stereocenters. The second-order valence-corrected chi connectivity index (χ2v) is 6.48. The monoisotopic (exact) mass is 354 g/mol. The van der Waals surface area contributed by atoms with E-state index in [4.69, 9.17) is 0 Å². The van der Waals surface area contributed by atoms with Crippen LogP contribution in [0.5, 0.6) is 0 Å². The molecule has 1 N–H and O–H groups in total. The smallest absolute Gasteiger partial charge is 0.274 e. The van der Waals surface area contributed by atoms with Crippen molar-refractivity contribution in [2.45, 2.75) is 32.9 Å². The van der Waals surface area contributed by atoms with Crippen LogP contribution in [0.2, 0.25) is 0 Å². The fourth-order valence-electron chi connectivity index (χ4n) is 2.86. The first kappa shape index (κ1) is 17.8. The van der Waals surface area contributed by atoms with Crippen molar-refractivity contribution in [2.24, 2.45) is 0 Å². The number of hydrogen-bond donors (Lipinski definition) is 1. The van der Waals surface area contributed by atoms with Gasteiger partial charge in [0, 0.05) is 25.7 Å². The van der Waals surface area contributed by atoms with Gasteiger partial charge in [0.25, 0.3) is 11.5 Å². The van der Waals surface area contributed by atoms with Gasteiger partial charge in [-0.05, 0) is 31.4 Å². The summed E-state index contributed by atoms with van der Waals surface area (Å²) in [6, 6.07) is 10.5. The minimum atomic E-state index is -0.409. The molecule has 2 aromatic rings. The molecule has 2 amide bonds. The molecule has 0 spiro atoms. The molecule has 1 fully saturated rings. The highest BCUT2D eigenvalue weighted by molar-refractivity contribution is 5.92. The number of amides is 2. The standard InChI is InChI=1S/C19H22N4O3/c1-14-4-6-15(7-5-14)12-20-17(24)13-23-18(25)9-8-16(21-23)19(26)22-10-2-3-11-22/h4-9H,2-3,10-13H2,1H3,(H,20,24). The van der Waals surface area contributed by atoms with Gasteiger partial charge in [0.15, 0.2) is 0 Å². The Kier molecular flexibility index (Phi) is 5.46. The van der Waals surface area contributed by atoms with E-state index in [1.54, 1.807) is 4.90 Å². The van der Waals surface area contributed by atoms with Crippen molar-refractivity contribution in [3.8, 4) is 0 Å². The van der Waals surface area contributed by atoms with Gasteiger partial charge in [-0.15, -0.1) is 0 Å². The second-order valence-electron chi connectivity index (χ2n) is 6.48. The number of benzene rings is 1. The number of carbonyl (C=O) groups excluding carboxylic acids is 2. The van der Waals surface area contributed by atoms with Gasteiger partial charge in [0.05, 0.1) is 0 Å². The predicted molar refractivity (Wildman–Crippen MR) is 96.7 cm³/mol. The van der Waals surface area contributed by atoms with Gasteiger partial charge in [-0.25, -0.2) is 4.68 Å². The number of rotatable bonds is 5. The van der Waals surface area contributed by atoms with E-state index in [1.807, 2.05) is 31.2 Å². The van der Waals surface area contributed by atoms with Gasteiger partial charge in [-0.2, -0.15) is 5.10 Å². The summed E-state index contributed by atoms with van der Waals surface area (Å²) < 4.78 is 1.04. The average Bonchev–Trinajstić information content (AvgIpc) is 3.17. The minimum absolute atomic E-state index is 0.192. The highest BCUT2D eigenvalue weighted by Gasteiger charge is 2.21. The van der Waals surface area contributed by atoms with Crippen LogP contribution in [0.3, 0.4) is 0 Å². The zero-order chi connectivity index (χ0) is 18.5. The largest absolute Gasteiger partial charge is 0.350 e. The number of aromatic nitrogens is 2. The van der Waals surface area contributed by atoms with Crippen LogP contribution in [0.1, 0.15) is 34.5 Å². The summed E-state index contributed by atoms with van der Waals surface area (Å²) in [5, 5.41) is 6.84. The summed E-state index contributed by atoms with van der Waals surface area (Å²) in [7, 11) is 0. The fraction of sp³-hybridized carbons (Fsp3) is 0.368. The zero-order valence-corrected chi connectivity index (χ0v) is 14.8. The Hall–Kier alpha value is -2.96. The number of carbonyl (C=O) groups is 2. The number of aryl methyl sites for hydroxylation is 1. The van der Waals surface area contributed by atoms with E-state index in [0.717, 1.165) is 28.7 Å². The molecule has 1 aromatic carbocycles. The third kappa shape index (κ3) is 4.36. The van der Waals surface area contributed by atoms with Crippen molar-refractivity contribution < 1.29 is 9.59 Å². The first-order chi connectivity index (χ1) is 12.5. The molecule has 7 nitrogen and oxygen atoms in total. The van der Waals surface area contributed by atoms with Crippen molar-refractivity contribution in [1.82, 2.24) is 20.0 Å². The molecule has 0 radical (unpaired) electrons. The third-order valence-corrected chi connectivity index (χ3v) is 4.38.